The SMILES string of the molecule is COC(=O)CCC1=C(CC(=O)OC)c2cc3[nH]c(cc4nc(cc5[nH]c(cc1n2)c(CCC(=O)OC)c5CC(=O)OC)CC4(C)C)c(C)c3C. The second-order valence-electron chi connectivity index (χ2n) is 13.2. The van der Waals surface area contributed by atoms with E-state index in [-0.39, 0.29) is 43.9 Å². The monoisotopic (exact) mass is 684 g/mol. The van der Waals surface area contributed by atoms with Gasteiger partial charge in [-0.05, 0) is 84.4 Å². The van der Waals surface area contributed by atoms with E-state index < -0.39 is 23.9 Å². The first kappa shape index (κ1) is 36.0. The molecule has 0 aliphatic carbocycles. The van der Waals surface area contributed by atoms with Crippen LogP contribution < -0.4 is 0 Å². The number of allylic oxidation sites excluding steroid dienone is 1. The lowest BCUT2D eigenvalue weighted by Gasteiger charge is -2.15. The van der Waals surface area contributed by atoms with Crippen LogP contribution in [0.25, 0.3) is 33.2 Å². The van der Waals surface area contributed by atoms with Crippen LogP contribution in [-0.2, 0) is 62.8 Å². The number of aryl methyl sites for hydroxylation is 3. The van der Waals surface area contributed by atoms with Crippen molar-refractivity contribution in [1.82, 2.24) is 19.9 Å². The summed E-state index contributed by atoms with van der Waals surface area (Å²) in [5.74, 6) is -1.71. The summed E-state index contributed by atoms with van der Waals surface area (Å²) in [6.45, 7) is 8.36. The van der Waals surface area contributed by atoms with Gasteiger partial charge in [0.2, 0.25) is 0 Å². The van der Waals surface area contributed by atoms with E-state index in [0.717, 1.165) is 33.5 Å². The van der Waals surface area contributed by atoms with Crippen molar-refractivity contribution in [2.45, 2.75) is 78.1 Å². The van der Waals surface area contributed by atoms with E-state index in [1.165, 1.54) is 28.4 Å². The lowest BCUT2D eigenvalue weighted by Crippen LogP contribution is -2.15. The molecule has 0 fully saturated rings. The quantitative estimate of drug-likeness (QED) is 0.200. The molecule has 0 atom stereocenters. The van der Waals surface area contributed by atoms with Crippen molar-refractivity contribution >= 4 is 57.1 Å². The molecule has 0 unspecified atom stereocenters. The Morgan fingerprint density at radius 3 is 1.80 bits per heavy atom. The van der Waals surface area contributed by atoms with E-state index in [0.29, 0.717) is 51.1 Å². The smallest absolute Gasteiger partial charge is 0.310 e. The summed E-state index contributed by atoms with van der Waals surface area (Å²) in [5.41, 5.74) is 10.3. The summed E-state index contributed by atoms with van der Waals surface area (Å²) in [5, 5.41) is 0. The number of rotatable bonds is 10. The van der Waals surface area contributed by atoms with Crippen molar-refractivity contribution in [3.05, 3.63) is 69.3 Å². The van der Waals surface area contributed by atoms with Crippen LogP contribution in [0.2, 0.25) is 0 Å². The van der Waals surface area contributed by atoms with Gasteiger partial charge in [-0.15, -0.1) is 0 Å². The number of nitrogens with one attached hydrogen (secondary N) is 2. The number of fused-ring (bicyclic) bond motifs is 8. The number of carbonyl (C=O) groups is 4. The van der Waals surface area contributed by atoms with Crippen LogP contribution in [0, 0.1) is 13.8 Å². The third kappa shape index (κ3) is 7.49. The second-order valence-corrected chi connectivity index (χ2v) is 13.2. The zero-order chi connectivity index (χ0) is 36.3. The molecule has 0 amide bonds. The lowest BCUT2D eigenvalue weighted by molar-refractivity contribution is -0.141. The van der Waals surface area contributed by atoms with Gasteiger partial charge >= 0.3 is 23.9 Å². The molecule has 12 heteroatoms. The maximum absolute atomic E-state index is 12.8. The van der Waals surface area contributed by atoms with E-state index in [4.69, 9.17) is 28.9 Å². The fraction of sp³-hybridized carbons (Fsp3) is 0.421. The molecular weight excluding hydrogens is 640 g/mol. The van der Waals surface area contributed by atoms with Crippen LogP contribution in [0.3, 0.4) is 0 Å². The van der Waals surface area contributed by atoms with Crippen molar-refractivity contribution in [3.63, 3.8) is 0 Å². The van der Waals surface area contributed by atoms with E-state index in [9.17, 15) is 19.2 Å². The van der Waals surface area contributed by atoms with Crippen LogP contribution in [0.4, 0.5) is 0 Å². The lowest BCUT2D eigenvalue weighted by atomic mass is 9.87. The fourth-order valence-corrected chi connectivity index (χ4v) is 6.54. The van der Waals surface area contributed by atoms with Gasteiger partial charge in [-0.3, -0.25) is 24.2 Å². The van der Waals surface area contributed by atoms with Gasteiger partial charge in [-0.2, -0.15) is 0 Å². The van der Waals surface area contributed by atoms with Crippen molar-refractivity contribution < 1.29 is 38.1 Å². The first-order valence-corrected chi connectivity index (χ1v) is 16.5. The Hall–Kier alpha value is -5.26. The van der Waals surface area contributed by atoms with Gasteiger partial charge in [0.25, 0.3) is 0 Å². The Morgan fingerprint density at radius 2 is 1.16 bits per heavy atom. The minimum absolute atomic E-state index is 0.0527. The largest absolute Gasteiger partial charge is 0.469 e. The molecule has 0 radical (unpaired) electrons. The molecule has 0 aromatic carbocycles. The van der Waals surface area contributed by atoms with Crippen molar-refractivity contribution in [2.24, 2.45) is 0 Å². The highest BCUT2D eigenvalue weighted by Crippen LogP contribution is 2.38. The van der Waals surface area contributed by atoms with Gasteiger partial charge in [0.1, 0.15) is 0 Å². The van der Waals surface area contributed by atoms with Crippen molar-refractivity contribution in [3.8, 4) is 0 Å². The van der Waals surface area contributed by atoms with Crippen LogP contribution in [0.1, 0.15) is 84.6 Å². The van der Waals surface area contributed by atoms with Gasteiger partial charge in [0.15, 0.2) is 0 Å². The number of nitrogens with zero attached hydrogens (tertiary/aromatic N) is 2. The molecule has 0 spiro atoms. The van der Waals surface area contributed by atoms with Gasteiger partial charge in [0.05, 0.1) is 52.7 Å². The Morgan fingerprint density at radius 1 is 0.640 bits per heavy atom. The Kier molecular flexibility index (Phi) is 10.6. The minimum Gasteiger partial charge on any atom is -0.469 e. The number of methoxy groups -OCH3 is 4. The molecule has 12 nitrogen and oxygen atoms in total. The van der Waals surface area contributed by atoms with Crippen LogP contribution in [-0.4, -0.2) is 72.3 Å². The third-order valence-corrected chi connectivity index (χ3v) is 9.59. The summed E-state index contributed by atoms with van der Waals surface area (Å²) in [6, 6.07) is 7.77. The van der Waals surface area contributed by atoms with E-state index in [1.54, 1.807) is 0 Å². The van der Waals surface area contributed by atoms with Crippen LogP contribution in [0.5, 0.6) is 0 Å². The summed E-state index contributed by atoms with van der Waals surface area (Å²) >= 11 is 0. The molecule has 264 valence electrons. The molecule has 2 aliphatic rings. The number of H-pyrrole nitrogens is 2. The normalized spacial score (nSPS) is 13.6. The maximum Gasteiger partial charge on any atom is 0.310 e. The van der Waals surface area contributed by atoms with Gasteiger partial charge < -0.3 is 28.9 Å². The standard InChI is InChI=1S/C38H44N4O8/c1-20-21(2)28-18-33-38(3,4)19-22(39-33)13-29-25(14-36(45)49-7)23(9-11-34(43)47-5)30(41-29)17-31-24(10-12-35(44)48-6)26(15-37(46)50-8)32(42-31)16-27(20)40-28/h13,16-18,40-41H,9-12,14-15,19H2,1-8H3. The predicted molar refractivity (Wildman–Crippen MR) is 188 cm³/mol. The van der Waals surface area contributed by atoms with Crippen molar-refractivity contribution in [1.29, 1.82) is 0 Å². The average Bonchev–Trinajstić information content (AvgIpc) is 3.75. The zero-order valence-corrected chi connectivity index (χ0v) is 29.9. The Bertz CT molecular complexity index is 2070. The topological polar surface area (TPSA) is 163 Å². The number of esters is 4. The molecule has 8 bridgehead atoms. The summed E-state index contributed by atoms with van der Waals surface area (Å²) < 4.78 is 20.1. The highest BCUT2D eigenvalue weighted by Gasteiger charge is 2.30. The highest BCUT2D eigenvalue weighted by molar-refractivity contribution is 6.00. The average molecular weight is 685 g/mol. The second kappa shape index (κ2) is 14.7. The summed E-state index contributed by atoms with van der Waals surface area (Å²) in [7, 11) is 5.32. The first-order chi connectivity index (χ1) is 23.8. The minimum atomic E-state index is -0.457. The Balaban J connectivity index is 1.95. The number of ether oxygens (including phenoxy) is 4. The Labute approximate surface area is 290 Å². The maximum atomic E-state index is 12.8. The summed E-state index contributed by atoms with van der Waals surface area (Å²) in [6.07, 6.45) is 1.14. The molecule has 3 aromatic rings. The molecule has 2 N–H and O–H groups in total. The summed E-state index contributed by atoms with van der Waals surface area (Å²) in [4.78, 5) is 67.5. The number of aromatic amines is 2. The molecule has 3 aromatic heterocycles. The predicted octanol–water partition coefficient (Wildman–Crippen LogP) is 5.70. The van der Waals surface area contributed by atoms with Gasteiger partial charge in [-0.25, -0.2) is 4.98 Å². The molecule has 2 aliphatic heterocycles. The highest BCUT2D eigenvalue weighted by atomic mass is 16.5. The number of hydrogen-bond acceptors (Lipinski definition) is 10. The van der Waals surface area contributed by atoms with E-state index >= 15 is 0 Å². The molecule has 0 saturated carbocycles. The molecule has 5 rings (SSSR count). The fourth-order valence-electron chi connectivity index (χ4n) is 6.54. The molecule has 50 heavy (non-hydrogen) atoms. The molecule has 0 saturated heterocycles. The first-order valence-electron chi connectivity index (χ1n) is 16.5. The number of aromatic nitrogens is 4. The van der Waals surface area contributed by atoms with E-state index in [2.05, 4.69) is 29.9 Å². The molecular formula is C38H44N4O8. The number of carbonyl (C=O) groups excluding carboxylic acids is 4. The van der Waals surface area contributed by atoms with E-state index in [1.807, 2.05) is 32.0 Å². The zero-order valence-electron chi connectivity index (χ0n) is 29.9. The van der Waals surface area contributed by atoms with Crippen molar-refractivity contribution in [2.75, 3.05) is 28.4 Å². The van der Waals surface area contributed by atoms with Gasteiger partial charge in [0, 0.05) is 58.1 Å². The number of hydrogen-bond donors (Lipinski definition) is 2. The third-order valence-electron chi connectivity index (χ3n) is 9.59. The van der Waals surface area contributed by atoms with Crippen LogP contribution >= 0.6 is 0 Å². The molecule has 5 heterocycles. The van der Waals surface area contributed by atoms with Gasteiger partial charge in [-0.1, -0.05) is 13.8 Å². The van der Waals surface area contributed by atoms with Crippen LogP contribution in [0.15, 0.2) is 24.3 Å².